The number of methoxy groups -OCH3 is 1. The van der Waals surface area contributed by atoms with E-state index in [1.807, 2.05) is 77.0 Å². The van der Waals surface area contributed by atoms with Crippen LogP contribution in [0, 0.1) is 5.92 Å². The second-order valence-electron chi connectivity index (χ2n) is 11.1. The first-order valence-corrected chi connectivity index (χ1v) is 16.1. The Kier molecular flexibility index (Phi) is 11.2. The van der Waals surface area contributed by atoms with E-state index in [-0.39, 0.29) is 11.7 Å². The van der Waals surface area contributed by atoms with Crippen LogP contribution in [0.15, 0.2) is 102 Å². The number of ketones is 1. The lowest BCUT2D eigenvalue weighted by Crippen LogP contribution is -2.33. The van der Waals surface area contributed by atoms with E-state index in [1.165, 1.54) is 20.0 Å². The number of anilines is 1. The van der Waals surface area contributed by atoms with Crippen LogP contribution in [0.1, 0.15) is 45.6 Å². The molecule has 1 fully saturated rings. The number of rotatable bonds is 16. The van der Waals surface area contributed by atoms with E-state index < -0.39 is 12.0 Å². The fraction of sp³-hybridized carbons (Fsp3) is 0.270. The van der Waals surface area contributed by atoms with Gasteiger partial charge >= 0.3 is 5.97 Å². The number of carbonyl (C=O) groups is 3. The molecule has 0 spiro atoms. The molecule has 1 aromatic heterocycles. The molecule has 1 saturated carbocycles. The molecule has 1 aliphatic rings. The molecule has 1 heterocycles. The first-order valence-electron chi connectivity index (χ1n) is 15.3. The molecule has 7 nitrogen and oxygen atoms in total. The van der Waals surface area contributed by atoms with Crippen molar-refractivity contribution in [2.45, 2.75) is 31.7 Å². The zero-order valence-corrected chi connectivity index (χ0v) is 26.2. The van der Waals surface area contributed by atoms with Gasteiger partial charge < -0.3 is 19.7 Å². The Morgan fingerprint density at radius 3 is 2.42 bits per heavy atom. The van der Waals surface area contributed by atoms with Gasteiger partial charge in [0.2, 0.25) is 5.91 Å². The smallest absolute Gasteiger partial charge is 0.328 e. The number of ether oxygens (including phenoxy) is 2. The van der Waals surface area contributed by atoms with Gasteiger partial charge in [0.25, 0.3) is 0 Å². The SMILES string of the molecule is COC(=O)C(Cc1ccc(OCCCN(CC2CC2)C(=O)C=Cc2cccs2)cc1)Nc1ccccc1C(=O)c1ccccc1. The quantitative estimate of drug-likeness (QED) is 0.0634. The van der Waals surface area contributed by atoms with E-state index in [4.69, 9.17) is 9.47 Å². The topological polar surface area (TPSA) is 84.9 Å². The minimum atomic E-state index is -0.699. The Balaban J connectivity index is 1.15. The van der Waals surface area contributed by atoms with E-state index in [1.54, 1.807) is 47.7 Å². The Labute approximate surface area is 268 Å². The van der Waals surface area contributed by atoms with Gasteiger partial charge in [-0.3, -0.25) is 9.59 Å². The van der Waals surface area contributed by atoms with Gasteiger partial charge in [0.05, 0.1) is 13.7 Å². The van der Waals surface area contributed by atoms with Gasteiger partial charge in [-0.05, 0) is 72.5 Å². The van der Waals surface area contributed by atoms with Gasteiger partial charge in [-0.2, -0.15) is 0 Å². The summed E-state index contributed by atoms with van der Waals surface area (Å²) < 4.78 is 11.1. The van der Waals surface area contributed by atoms with Crippen LogP contribution in [0.25, 0.3) is 6.08 Å². The van der Waals surface area contributed by atoms with Crippen molar-refractivity contribution in [3.63, 3.8) is 0 Å². The largest absolute Gasteiger partial charge is 0.494 e. The second kappa shape index (κ2) is 15.9. The van der Waals surface area contributed by atoms with E-state index in [2.05, 4.69) is 5.32 Å². The zero-order chi connectivity index (χ0) is 31.4. The molecule has 1 N–H and O–H groups in total. The number of hydrogen-bond acceptors (Lipinski definition) is 7. The van der Waals surface area contributed by atoms with Gasteiger partial charge in [-0.15, -0.1) is 11.3 Å². The van der Waals surface area contributed by atoms with Crippen molar-refractivity contribution in [2.75, 3.05) is 32.1 Å². The highest BCUT2D eigenvalue weighted by Gasteiger charge is 2.26. The number of esters is 1. The number of benzene rings is 3. The van der Waals surface area contributed by atoms with E-state index in [0.29, 0.717) is 42.3 Å². The van der Waals surface area contributed by atoms with Gasteiger partial charge in [-0.1, -0.05) is 60.7 Å². The molecule has 0 aliphatic heterocycles. The van der Waals surface area contributed by atoms with Crippen molar-refractivity contribution in [2.24, 2.45) is 5.92 Å². The summed E-state index contributed by atoms with van der Waals surface area (Å²) in [6.07, 6.45) is 7.01. The summed E-state index contributed by atoms with van der Waals surface area (Å²) in [4.78, 5) is 41.8. The van der Waals surface area contributed by atoms with Crippen molar-refractivity contribution >= 4 is 40.8 Å². The highest BCUT2D eigenvalue weighted by atomic mass is 32.1. The molecule has 0 bridgehead atoms. The summed E-state index contributed by atoms with van der Waals surface area (Å²) in [5.74, 6) is 0.823. The molecule has 232 valence electrons. The number of carbonyl (C=O) groups excluding carboxylic acids is 3. The zero-order valence-electron chi connectivity index (χ0n) is 25.4. The maximum absolute atomic E-state index is 13.2. The number of thiophene rings is 1. The van der Waals surface area contributed by atoms with E-state index >= 15 is 0 Å². The fourth-order valence-electron chi connectivity index (χ4n) is 5.03. The lowest BCUT2D eigenvalue weighted by atomic mass is 10.00. The Hall–Kier alpha value is -4.69. The van der Waals surface area contributed by atoms with Gasteiger partial charge in [0.15, 0.2) is 5.78 Å². The summed E-state index contributed by atoms with van der Waals surface area (Å²) >= 11 is 1.61. The van der Waals surface area contributed by atoms with Crippen LogP contribution in [0.2, 0.25) is 0 Å². The van der Waals surface area contributed by atoms with Crippen LogP contribution < -0.4 is 10.1 Å². The average Bonchev–Trinajstić information content (AvgIpc) is 3.75. The molecule has 0 radical (unpaired) electrons. The van der Waals surface area contributed by atoms with Crippen molar-refractivity contribution in [1.82, 2.24) is 4.90 Å². The normalized spacial score (nSPS) is 13.3. The second-order valence-corrected chi connectivity index (χ2v) is 12.1. The van der Waals surface area contributed by atoms with Crippen LogP contribution in [0.5, 0.6) is 5.75 Å². The summed E-state index contributed by atoms with van der Waals surface area (Å²) in [6.45, 7) is 1.92. The Morgan fingerprint density at radius 2 is 1.71 bits per heavy atom. The third-order valence-corrected chi connectivity index (χ3v) is 8.49. The van der Waals surface area contributed by atoms with Crippen molar-refractivity contribution in [1.29, 1.82) is 0 Å². The maximum atomic E-state index is 13.2. The Morgan fingerprint density at radius 1 is 0.956 bits per heavy atom. The first kappa shape index (κ1) is 31.7. The van der Waals surface area contributed by atoms with E-state index in [9.17, 15) is 14.4 Å². The number of para-hydroxylation sites is 1. The highest BCUT2D eigenvalue weighted by Crippen LogP contribution is 2.30. The lowest BCUT2D eigenvalue weighted by Gasteiger charge is -2.21. The third kappa shape index (κ3) is 9.40. The summed E-state index contributed by atoms with van der Waals surface area (Å²) in [6, 6.07) is 27.1. The van der Waals surface area contributed by atoms with Gasteiger partial charge in [0, 0.05) is 47.3 Å². The van der Waals surface area contributed by atoms with Crippen LogP contribution in [0.4, 0.5) is 5.69 Å². The molecule has 5 rings (SSSR count). The molecule has 1 unspecified atom stereocenters. The minimum Gasteiger partial charge on any atom is -0.494 e. The molecule has 1 atom stereocenters. The fourth-order valence-corrected chi connectivity index (χ4v) is 5.64. The summed E-state index contributed by atoms with van der Waals surface area (Å²) in [5.41, 5.74) is 2.54. The highest BCUT2D eigenvalue weighted by molar-refractivity contribution is 7.10. The molecule has 4 aromatic rings. The monoisotopic (exact) mass is 622 g/mol. The minimum absolute atomic E-state index is 0.0421. The Bertz CT molecular complexity index is 1580. The molecule has 8 heteroatoms. The van der Waals surface area contributed by atoms with Crippen LogP contribution in [-0.4, -0.2) is 55.4 Å². The van der Waals surface area contributed by atoms with Crippen molar-refractivity contribution < 1.29 is 23.9 Å². The number of nitrogens with one attached hydrogen (secondary N) is 1. The third-order valence-electron chi connectivity index (χ3n) is 7.65. The lowest BCUT2D eigenvalue weighted by molar-refractivity contribution is -0.141. The average molecular weight is 623 g/mol. The standard InChI is InChI=1S/C37H38N2O5S/c1-43-37(42)34(38-33-13-6-5-12-32(33)36(41)29-9-3-2-4-10-29)25-27-16-18-30(19-17-27)44-23-8-22-39(26-28-14-15-28)35(40)21-20-31-11-7-24-45-31/h2-7,9-13,16-21,24,28,34,38H,8,14-15,22-23,25-26H2,1H3. The van der Waals surface area contributed by atoms with Crippen molar-refractivity contribution in [3.05, 3.63) is 124 Å². The van der Waals surface area contributed by atoms with Crippen LogP contribution in [-0.2, 0) is 20.7 Å². The molecular formula is C37H38N2O5S. The van der Waals surface area contributed by atoms with Crippen LogP contribution in [0.3, 0.4) is 0 Å². The predicted octanol–water partition coefficient (Wildman–Crippen LogP) is 6.90. The van der Waals surface area contributed by atoms with E-state index in [0.717, 1.165) is 29.2 Å². The summed E-state index contributed by atoms with van der Waals surface area (Å²) in [7, 11) is 1.36. The number of nitrogens with zero attached hydrogens (tertiary/aromatic N) is 1. The molecular weight excluding hydrogens is 584 g/mol. The van der Waals surface area contributed by atoms with Gasteiger partial charge in [0.1, 0.15) is 11.8 Å². The maximum Gasteiger partial charge on any atom is 0.328 e. The number of hydrogen-bond donors (Lipinski definition) is 1. The van der Waals surface area contributed by atoms with Crippen molar-refractivity contribution in [3.8, 4) is 5.75 Å². The van der Waals surface area contributed by atoms with Gasteiger partial charge in [-0.25, -0.2) is 4.79 Å². The number of amides is 1. The molecule has 0 saturated heterocycles. The molecule has 1 amide bonds. The molecule has 3 aromatic carbocycles. The first-order chi connectivity index (χ1) is 22.0. The van der Waals surface area contributed by atoms with Crippen LogP contribution >= 0.6 is 11.3 Å². The molecule has 1 aliphatic carbocycles. The summed E-state index contributed by atoms with van der Waals surface area (Å²) in [5, 5.41) is 5.25. The predicted molar refractivity (Wildman–Crippen MR) is 179 cm³/mol. The molecule has 45 heavy (non-hydrogen) atoms.